The number of carbonyl (C=O) groups is 2. The monoisotopic (exact) mass is 756 g/mol. The number of rotatable bonds is 7. The number of pyridine rings is 1. The molecule has 5 heterocycles. The van der Waals surface area contributed by atoms with E-state index in [2.05, 4.69) is 20.3 Å². The Morgan fingerprint density at radius 2 is 1.57 bits per heavy atom. The lowest BCUT2D eigenvalue weighted by Crippen LogP contribution is -2.50. The molecule has 3 saturated heterocycles. The summed E-state index contributed by atoms with van der Waals surface area (Å²) < 4.78 is 53.2. The smallest absolute Gasteiger partial charge is 0.410 e. The van der Waals surface area contributed by atoms with Gasteiger partial charge in [-0.15, -0.1) is 0 Å². The van der Waals surface area contributed by atoms with Gasteiger partial charge in [-0.3, -0.25) is 0 Å². The third-order valence-corrected chi connectivity index (χ3v) is 9.04. The van der Waals surface area contributed by atoms with E-state index < -0.39 is 22.8 Å². The predicted molar refractivity (Wildman–Crippen MR) is 197 cm³/mol. The molecule has 54 heavy (non-hydrogen) atoms. The van der Waals surface area contributed by atoms with E-state index >= 15 is 0 Å². The van der Waals surface area contributed by atoms with Crippen molar-refractivity contribution < 1.29 is 37.3 Å². The molecule has 296 valence electrons. The van der Waals surface area contributed by atoms with Crippen LogP contribution < -0.4 is 15.0 Å². The van der Waals surface area contributed by atoms with Gasteiger partial charge in [-0.2, -0.15) is 5.10 Å². The van der Waals surface area contributed by atoms with Crippen LogP contribution in [-0.2, 0) is 26.4 Å². The van der Waals surface area contributed by atoms with E-state index in [1.165, 1.54) is 18.5 Å². The number of nitrogens with zero attached hydrogens (tertiary/aromatic N) is 7. The number of amides is 2. The maximum Gasteiger partial charge on any atom is 0.410 e. The van der Waals surface area contributed by atoms with Crippen LogP contribution in [0.5, 0.6) is 5.75 Å². The van der Waals surface area contributed by atoms with Gasteiger partial charge < -0.3 is 39.0 Å². The van der Waals surface area contributed by atoms with E-state index in [9.17, 15) is 18.4 Å². The molecule has 14 nitrogen and oxygen atoms in total. The Hall–Kier alpha value is -4.57. The molecule has 1 N–H and O–H groups in total. The molecule has 0 unspecified atom stereocenters. The van der Waals surface area contributed by atoms with Crippen molar-refractivity contribution in [3.8, 4) is 5.75 Å². The van der Waals surface area contributed by atoms with Crippen LogP contribution >= 0.6 is 0 Å². The molecule has 3 aliphatic heterocycles. The summed E-state index contributed by atoms with van der Waals surface area (Å²) in [6, 6.07) is 7.36. The van der Waals surface area contributed by atoms with Gasteiger partial charge in [0.05, 0.1) is 25.5 Å². The molecule has 2 atom stereocenters. The first kappa shape index (κ1) is 40.6. The number of nitrogens with one attached hydrogen (secondary N) is 1. The van der Waals surface area contributed by atoms with Crippen molar-refractivity contribution in [1.29, 1.82) is 0 Å². The Kier molecular flexibility index (Phi) is 13.0. The van der Waals surface area contributed by atoms with Crippen molar-refractivity contribution in [1.82, 2.24) is 34.9 Å². The lowest BCUT2D eigenvalue weighted by molar-refractivity contribution is -0.0206. The second-order valence-electron chi connectivity index (χ2n) is 15.8. The van der Waals surface area contributed by atoms with Crippen LogP contribution in [0.15, 0.2) is 43.0 Å². The zero-order chi connectivity index (χ0) is 39.1. The van der Waals surface area contributed by atoms with Crippen molar-refractivity contribution in [3.05, 3.63) is 65.9 Å². The molecule has 0 spiro atoms. The van der Waals surface area contributed by atoms with Gasteiger partial charge in [0.15, 0.2) is 0 Å². The van der Waals surface area contributed by atoms with Crippen LogP contribution in [0, 0.1) is 24.5 Å². The zero-order valence-corrected chi connectivity index (χ0v) is 32.4. The number of aryl methyl sites for hydroxylation is 1. The Labute approximate surface area is 316 Å². The number of piperazine rings is 2. The summed E-state index contributed by atoms with van der Waals surface area (Å²) in [5.74, 6) is 0.137. The minimum absolute atomic E-state index is 0.0389. The molecular weight excluding hydrogens is 702 g/mol. The molecular formula is C38H54F2N8O6. The van der Waals surface area contributed by atoms with Gasteiger partial charge in [-0.1, -0.05) is 6.07 Å². The van der Waals surface area contributed by atoms with Crippen LogP contribution in [-0.4, -0.2) is 119 Å². The van der Waals surface area contributed by atoms with E-state index in [-0.39, 0.29) is 35.8 Å². The van der Waals surface area contributed by atoms with Gasteiger partial charge in [-0.05, 0) is 73.1 Å². The van der Waals surface area contributed by atoms with Crippen molar-refractivity contribution in [2.75, 3.05) is 70.5 Å². The van der Waals surface area contributed by atoms with Crippen molar-refractivity contribution in [2.45, 2.75) is 78.2 Å². The average Bonchev–Trinajstić information content (AvgIpc) is 3.77. The fourth-order valence-electron chi connectivity index (χ4n) is 6.48. The van der Waals surface area contributed by atoms with Crippen LogP contribution in [0.25, 0.3) is 0 Å². The highest BCUT2D eigenvalue weighted by molar-refractivity contribution is 5.69. The van der Waals surface area contributed by atoms with Gasteiger partial charge >= 0.3 is 12.2 Å². The van der Waals surface area contributed by atoms with Crippen LogP contribution in [0.2, 0.25) is 0 Å². The standard InChI is InChI=1S/C29H36F2N6O4.C9H18N2O2/c1-20-25(7-8-26(34-20)35-9-11-36(12-10-35)27(38)41-28(2,3)4)39-15-21-14-29(40-16-21,17-37-19-32-18-33-37)23-6-5-22(30)13-24(23)31;1-9(2,3)13-8(12)11-6-4-10-5-7-11/h5-8,13,18-19,21H,9-12,14-17H2,1-4H3;10H,4-7H2,1-3H3/t21-,29+;/m1./s1. The molecule has 3 fully saturated rings. The maximum absolute atomic E-state index is 14.9. The summed E-state index contributed by atoms with van der Waals surface area (Å²) in [5, 5.41) is 7.34. The average molecular weight is 757 g/mol. The third-order valence-electron chi connectivity index (χ3n) is 9.04. The number of halogens is 2. The second kappa shape index (κ2) is 17.3. The highest BCUT2D eigenvalue weighted by Crippen LogP contribution is 2.42. The minimum atomic E-state index is -1.03. The first-order valence-electron chi connectivity index (χ1n) is 18.4. The van der Waals surface area contributed by atoms with Gasteiger partial charge in [0, 0.05) is 69.9 Å². The molecule has 0 saturated carbocycles. The number of ether oxygens (including phenoxy) is 4. The minimum Gasteiger partial charge on any atom is -0.491 e. The topological polar surface area (TPSA) is 136 Å². The molecule has 2 amide bonds. The van der Waals surface area contributed by atoms with E-state index in [1.54, 1.807) is 20.8 Å². The first-order valence-corrected chi connectivity index (χ1v) is 18.4. The number of hydrogen-bond donors (Lipinski definition) is 1. The molecule has 2 aromatic heterocycles. The lowest BCUT2D eigenvalue weighted by atomic mass is 9.87. The predicted octanol–water partition coefficient (Wildman–Crippen LogP) is 5.15. The second-order valence-corrected chi connectivity index (χ2v) is 15.8. The van der Waals surface area contributed by atoms with Crippen molar-refractivity contribution in [2.24, 2.45) is 5.92 Å². The van der Waals surface area contributed by atoms with Gasteiger partial charge in [0.1, 0.15) is 52.7 Å². The Morgan fingerprint density at radius 1 is 0.926 bits per heavy atom. The largest absolute Gasteiger partial charge is 0.491 e. The quantitative estimate of drug-likeness (QED) is 0.343. The van der Waals surface area contributed by atoms with Gasteiger partial charge in [-0.25, -0.2) is 33.0 Å². The fourth-order valence-corrected chi connectivity index (χ4v) is 6.48. The summed E-state index contributed by atoms with van der Waals surface area (Å²) in [7, 11) is 0. The highest BCUT2D eigenvalue weighted by atomic mass is 19.1. The third kappa shape index (κ3) is 11.2. The normalized spacial score (nSPS) is 20.6. The molecule has 0 radical (unpaired) electrons. The van der Waals surface area contributed by atoms with Crippen LogP contribution in [0.1, 0.15) is 59.2 Å². The molecule has 0 bridgehead atoms. The summed E-state index contributed by atoms with van der Waals surface area (Å²) in [6.45, 7) is 19.7. The molecule has 6 rings (SSSR count). The van der Waals surface area contributed by atoms with E-state index in [1.807, 2.05) is 60.6 Å². The number of hydrogen-bond acceptors (Lipinski definition) is 11. The summed E-state index contributed by atoms with van der Waals surface area (Å²) in [6.07, 6.45) is 2.92. The summed E-state index contributed by atoms with van der Waals surface area (Å²) in [4.78, 5) is 38.2. The SMILES string of the molecule is CC(C)(C)OC(=O)N1CCNCC1.Cc1nc(N2CCN(C(=O)OC(C)(C)C)CC2)ccc1OC[C@@H]1CO[C@@](Cn2cncn2)(c2ccc(F)cc2F)C1. The van der Waals surface area contributed by atoms with Gasteiger partial charge in [0.25, 0.3) is 0 Å². The Morgan fingerprint density at radius 3 is 2.15 bits per heavy atom. The zero-order valence-electron chi connectivity index (χ0n) is 32.4. The van der Waals surface area contributed by atoms with Crippen LogP contribution in [0.3, 0.4) is 0 Å². The van der Waals surface area contributed by atoms with Crippen molar-refractivity contribution >= 4 is 18.0 Å². The number of carbonyl (C=O) groups excluding carboxylic acids is 2. The highest BCUT2D eigenvalue weighted by Gasteiger charge is 2.45. The van der Waals surface area contributed by atoms with Gasteiger partial charge in [0.2, 0.25) is 0 Å². The number of aromatic nitrogens is 4. The molecule has 0 aliphatic carbocycles. The molecule has 3 aliphatic rings. The van der Waals surface area contributed by atoms with E-state index in [0.717, 1.165) is 43.8 Å². The first-order chi connectivity index (χ1) is 25.5. The lowest BCUT2D eigenvalue weighted by Gasteiger charge is -2.36. The Bertz CT molecular complexity index is 1700. The number of anilines is 1. The summed E-state index contributed by atoms with van der Waals surface area (Å²) in [5.41, 5.74) is -0.913. The maximum atomic E-state index is 14.9. The Balaban J connectivity index is 0.000000365. The fraction of sp³-hybridized carbons (Fsp3) is 0.605. The van der Waals surface area contributed by atoms with E-state index in [4.69, 9.17) is 23.9 Å². The molecule has 16 heteroatoms. The molecule has 3 aromatic rings. The van der Waals surface area contributed by atoms with Crippen LogP contribution in [0.4, 0.5) is 24.2 Å². The molecule has 1 aromatic carbocycles. The van der Waals surface area contributed by atoms with Crippen molar-refractivity contribution in [3.63, 3.8) is 0 Å². The number of benzene rings is 1. The summed E-state index contributed by atoms with van der Waals surface area (Å²) >= 11 is 0. The van der Waals surface area contributed by atoms with E-state index in [0.29, 0.717) is 51.6 Å².